The van der Waals surface area contributed by atoms with Crippen LogP contribution in [0.4, 0.5) is 4.39 Å². The summed E-state index contributed by atoms with van der Waals surface area (Å²) in [4.78, 5) is 28.4. The molecule has 1 atom stereocenters. The second-order valence-corrected chi connectivity index (χ2v) is 6.37. The van der Waals surface area contributed by atoms with E-state index in [1.165, 1.54) is 12.1 Å². The molecule has 5 nitrogen and oxygen atoms in total. The molecule has 0 unspecified atom stereocenters. The van der Waals surface area contributed by atoms with Crippen molar-refractivity contribution in [3.05, 3.63) is 35.6 Å². The van der Waals surface area contributed by atoms with Crippen molar-refractivity contribution in [2.75, 3.05) is 32.8 Å². The maximum Gasteiger partial charge on any atom is 0.251 e. The summed E-state index contributed by atoms with van der Waals surface area (Å²) in [6.45, 7) is 2.99. The van der Waals surface area contributed by atoms with Gasteiger partial charge in [0.15, 0.2) is 0 Å². The third kappa shape index (κ3) is 4.12. The van der Waals surface area contributed by atoms with Crippen molar-refractivity contribution in [2.45, 2.75) is 31.8 Å². The molecule has 2 amide bonds. The Hall–Kier alpha value is -1.95. The van der Waals surface area contributed by atoms with Crippen LogP contribution in [0.5, 0.6) is 0 Å². The molecule has 6 heteroatoms. The molecule has 3 rings (SSSR count). The summed E-state index contributed by atoms with van der Waals surface area (Å²) in [7, 11) is 0. The van der Waals surface area contributed by atoms with Crippen LogP contribution in [0.2, 0.25) is 0 Å². The second kappa shape index (κ2) is 7.75. The fourth-order valence-electron chi connectivity index (χ4n) is 3.30. The number of benzene rings is 1. The Labute approximate surface area is 141 Å². The number of nitrogens with zero attached hydrogens (tertiary/aromatic N) is 2. The average molecular weight is 334 g/mol. The highest BCUT2D eigenvalue weighted by atomic mass is 19.1. The lowest BCUT2D eigenvalue weighted by molar-refractivity contribution is -0.141. The Balaban J connectivity index is 1.54. The molecule has 0 radical (unpaired) electrons. The zero-order valence-corrected chi connectivity index (χ0v) is 13.7. The van der Waals surface area contributed by atoms with E-state index in [4.69, 9.17) is 4.74 Å². The lowest BCUT2D eigenvalue weighted by Crippen LogP contribution is -2.42. The van der Waals surface area contributed by atoms with Gasteiger partial charge in [0.1, 0.15) is 11.9 Å². The van der Waals surface area contributed by atoms with Crippen LogP contribution in [0.25, 0.3) is 0 Å². The number of carbonyl (C=O) groups is 2. The number of rotatable bonds is 3. The van der Waals surface area contributed by atoms with Gasteiger partial charge >= 0.3 is 0 Å². The quantitative estimate of drug-likeness (QED) is 0.844. The number of halogens is 1. The number of carbonyl (C=O) groups excluding carboxylic acids is 2. The zero-order chi connectivity index (χ0) is 16.9. The summed E-state index contributed by atoms with van der Waals surface area (Å²) in [6.07, 6.45) is 2.37. The first kappa shape index (κ1) is 16.9. The predicted octanol–water partition coefficient (Wildman–Crippen LogP) is 1.61. The van der Waals surface area contributed by atoms with Crippen LogP contribution in [0, 0.1) is 5.82 Å². The highest BCUT2D eigenvalue weighted by Gasteiger charge is 2.30. The molecule has 2 aliphatic rings. The third-order valence-electron chi connectivity index (χ3n) is 4.61. The molecule has 2 saturated heterocycles. The highest BCUT2D eigenvalue weighted by molar-refractivity contribution is 5.82. The minimum Gasteiger partial charge on any atom is -0.368 e. The van der Waals surface area contributed by atoms with E-state index in [0.29, 0.717) is 38.3 Å². The van der Waals surface area contributed by atoms with Crippen LogP contribution < -0.4 is 0 Å². The van der Waals surface area contributed by atoms with Gasteiger partial charge in [-0.05, 0) is 37.0 Å². The molecule has 0 N–H and O–H groups in total. The van der Waals surface area contributed by atoms with E-state index in [0.717, 1.165) is 19.3 Å². The third-order valence-corrected chi connectivity index (χ3v) is 4.61. The van der Waals surface area contributed by atoms with E-state index in [2.05, 4.69) is 0 Å². The summed E-state index contributed by atoms with van der Waals surface area (Å²) in [5, 5.41) is 0. The Bertz CT molecular complexity index is 602. The minimum atomic E-state index is -0.329. The molecule has 130 valence electrons. The van der Waals surface area contributed by atoms with Gasteiger partial charge in [0, 0.05) is 32.8 Å². The van der Waals surface area contributed by atoms with Crippen molar-refractivity contribution in [1.29, 1.82) is 0 Å². The maximum absolute atomic E-state index is 13.2. The summed E-state index contributed by atoms with van der Waals surface area (Å²) in [5.74, 6) is -0.302. The van der Waals surface area contributed by atoms with E-state index in [1.807, 2.05) is 4.90 Å². The first-order chi connectivity index (χ1) is 11.6. The van der Waals surface area contributed by atoms with E-state index < -0.39 is 0 Å². The Kier molecular flexibility index (Phi) is 5.45. The van der Waals surface area contributed by atoms with Crippen LogP contribution in [0.1, 0.15) is 24.8 Å². The Morgan fingerprint density at radius 1 is 1.12 bits per heavy atom. The molecule has 1 aromatic rings. The molecule has 2 fully saturated rings. The fraction of sp³-hybridized carbons (Fsp3) is 0.556. The first-order valence-electron chi connectivity index (χ1n) is 8.56. The van der Waals surface area contributed by atoms with E-state index in [9.17, 15) is 14.0 Å². The molecule has 24 heavy (non-hydrogen) atoms. The van der Waals surface area contributed by atoms with Crippen LogP contribution >= 0.6 is 0 Å². The van der Waals surface area contributed by atoms with Gasteiger partial charge in [0.2, 0.25) is 5.91 Å². The van der Waals surface area contributed by atoms with Gasteiger partial charge in [-0.3, -0.25) is 9.59 Å². The van der Waals surface area contributed by atoms with Gasteiger partial charge in [-0.2, -0.15) is 0 Å². The largest absolute Gasteiger partial charge is 0.368 e. The Morgan fingerprint density at radius 2 is 1.92 bits per heavy atom. The maximum atomic E-state index is 13.2. The molecule has 2 heterocycles. The average Bonchev–Trinajstić information content (AvgIpc) is 2.98. The molecular weight excluding hydrogens is 311 g/mol. The van der Waals surface area contributed by atoms with E-state index >= 15 is 0 Å². The zero-order valence-electron chi connectivity index (χ0n) is 13.7. The molecule has 1 aromatic carbocycles. The van der Waals surface area contributed by atoms with Crippen molar-refractivity contribution < 1.29 is 18.7 Å². The van der Waals surface area contributed by atoms with Gasteiger partial charge in [0.05, 0.1) is 6.42 Å². The number of hydrogen-bond acceptors (Lipinski definition) is 3. The van der Waals surface area contributed by atoms with Crippen molar-refractivity contribution >= 4 is 11.8 Å². The SMILES string of the molecule is O=C(Cc1cccc(F)c1)N1CCCN(C(=O)[C@H]2CCCO2)CC1. The minimum absolute atomic E-state index is 0.0213. The van der Waals surface area contributed by atoms with Gasteiger partial charge in [-0.15, -0.1) is 0 Å². The fourth-order valence-corrected chi connectivity index (χ4v) is 3.30. The molecule has 0 bridgehead atoms. The van der Waals surface area contributed by atoms with Crippen LogP contribution in [-0.2, 0) is 20.7 Å². The van der Waals surface area contributed by atoms with Gasteiger partial charge in [0.25, 0.3) is 5.91 Å². The number of amides is 2. The first-order valence-corrected chi connectivity index (χ1v) is 8.56. The van der Waals surface area contributed by atoms with Crippen molar-refractivity contribution in [2.24, 2.45) is 0 Å². The molecule has 0 aliphatic carbocycles. The predicted molar refractivity (Wildman–Crippen MR) is 86.9 cm³/mol. The lowest BCUT2D eigenvalue weighted by Gasteiger charge is -2.24. The number of ether oxygens (including phenoxy) is 1. The summed E-state index contributed by atoms with van der Waals surface area (Å²) >= 11 is 0. The summed E-state index contributed by atoms with van der Waals surface area (Å²) in [6, 6.07) is 6.13. The van der Waals surface area contributed by atoms with E-state index in [1.54, 1.807) is 17.0 Å². The topological polar surface area (TPSA) is 49.9 Å². The van der Waals surface area contributed by atoms with Crippen LogP contribution in [-0.4, -0.2) is 60.5 Å². The normalized spacial score (nSPS) is 21.6. The van der Waals surface area contributed by atoms with Crippen LogP contribution in [0.3, 0.4) is 0 Å². The number of hydrogen-bond donors (Lipinski definition) is 0. The van der Waals surface area contributed by atoms with Crippen molar-refractivity contribution in [1.82, 2.24) is 9.80 Å². The smallest absolute Gasteiger partial charge is 0.251 e. The second-order valence-electron chi connectivity index (χ2n) is 6.37. The molecule has 0 aromatic heterocycles. The highest BCUT2D eigenvalue weighted by Crippen LogP contribution is 2.16. The molecule has 0 saturated carbocycles. The van der Waals surface area contributed by atoms with Crippen LogP contribution in [0.15, 0.2) is 24.3 Å². The van der Waals surface area contributed by atoms with Gasteiger partial charge in [-0.1, -0.05) is 12.1 Å². The van der Waals surface area contributed by atoms with Crippen molar-refractivity contribution in [3.8, 4) is 0 Å². The van der Waals surface area contributed by atoms with Crippen molar-refractivity contribution in [3.63, 3.8) is 0 Å². The molecule has 0 spiro atoms. The monoisotopic (exact) mass is 334 g/mol. The summed E-state index contributed by atoms with van der Waals surface area (Å²) in [5.41, 5.74) is 0.677. The Morgan fingerprint density at radius 3 is 2.67 bits per heavy atom. The summed E-state index contributed by atoms with van der Waals surface area (Å²) < 4.78 is 18.7. The van der Waals surface area contributed by atoms with Gasteiger partial charge in [-0.25, -0.2) is 4.39 Å². The molecule has 2 aliphatic heterocycles. The standard InChI is InChI=1S/C18H23FN2O3/c19-15-5-1-4-14(12-15)13-17(22)20-7-3-8-21(10-9-20)18(23)16-6-2-11-24-16/h1,4-5,12,16H,2-3,6-11,13H2/t16-/m1/s1. The van der Waals surface area contributed by atoms with E-state index in [-0.39, 0.29) is 30.2 Å². The lowest BCUT2D eigenvalue weighted by atomic mass is 10.1. The molecular formula is C18H23FN2O3. The van der Waals surface area contributed by atoms with Gasteiger partial charge < -0.3 is 14.5 Å².